The Morgan fingerprint density at radius 1 is 1.24 bits per heavy atom. The Kier molecular flexibility index (Phi) is 6.07. The highest BCUT2D eigenvalue weighted by atomic mass is 35.5. The molecular weight excluding hydrogens is 465 g/mol. The Bertz CT molecular complexity index is 1290. The minimum absolute atomic E-state index is 0.166. The number of halogens is 2. The standard InChI is InChI=1S/C23H21ClFN5O2S/c1-13-7-8-15(11-18(13)25)21-26-22(32-29-21)14(2)33-23-28-27-20(30(23)16-9-10-16)12-31-19-6-4-3-5-17(19)24/h3-8,11,14,16H,9-10,12H2,1-2H3. The van der Waals surface area contributed by atoms with E-state index in [0.29, 0.717) is 39.7 Å². The number of benzene rings is 2. The van der Waals surface area contributed by atoms with E-state index in [1.807, 2.05) is 25.1 Å². The van der Waals surface area contributed by atoms with Crippen molar-refractivity contribution < 1.29 is 13.7 Å². The third-order valence-electron chi connectivity index (χ3n) is 5.34. The average Bonchev–Trinajstić information content (AvgIpc) is 3.37. The number of rotatable bonds is 8. The molecule has 1 atom stereocenters. The monoisotopic (exact) mass is 485 g/mol. The van der Waals surface area contributed by atoms with E-state index in [1.54, 1.807) is 25.1 Å². The summed E-state index contributed by atoms with van der Waals surface area (Å²) in [5, 5.41) is 13.9. The fraction of sp³-hybridized carbons (Fsp3) is 0.304. The topological polar surface area (TPSA) is 78.9 Å². The third kappa shape index (κ3) is 4.74. The molecule has 10 heteroatoms. The van der Waals surface area contributed by atoms with Crippen molar-refractivity contribution in [1.29, 1.82) is 0 Å². The molecule has 7 nitrogen and oxygen atoms in total. The molecule has 1 aliphatic rings. The van der Waals surface area contributed by atoms with Crippen LogP contribution in [0.1, 0.15) is 48.3 Å². The third-order valence-corrected chi connectivity index (χ3v) is 6.70. The van der Waals surface area contributed by atoms with Crippen molar-refractivity contribution in [3.05, 3.63) is 70.6 Å². The average molecular weight is 486 g/mol. The van der Waals surface area contributed by atoms with E-state index in [2.05, 4.69) is 24.9 Å². The number of aromatic nitrogens is 5. The van der Waals surface area contributed by atoms with Gasteiger partial charge in [0.1, 0.15) is 18.2 Å². The molecule has 5 rings (SSSR count). The minimum atomic E-state index is -0.301. The first-order valence-electron chi connectivity index (χ1n) is 10.6. The molecule has 0 amide bonds. The number of thioether (sulfide) groups is 1. The van der Waals surface area contributed by atoms with Crippen molar-refractivity contribution in [2.75, 3.05) is 0 Å². The van der Waals surface area contributed by atoms with Gasteiger partial charge in [0.25, 0.3) is 0 Å². The van der Waals surface area contributed by atoms with Crippen LogP contribution in [0.2, 0.25) is 5.02 Å². The van der Waals surface area contributed by atoms with Gasteiger partial charge >= 0.3 is 0 Å². The number of ether oxygens (including phenoxy) is 1. The maximum atomic E-state index is 13.9. The van der Waals surface area contributed by atoms with Crippen LogP contribution in [0.25, 0.3) is 11.4 Å². The van der Waals surface area contributed by atoms with Gasteiger partial charge in [-0.05, 0) is 50.5 Å². The molecule has 170 valence electrons. The molecule has 0 radical (unpaired) electrons. The molecule has 4 aromatic rings. The molecular formula is C23H21ClFN5O2S. The molecule has 0 bridgehead atoms. The molecule has 1 fully saturated rings. The van der Waals surface area contributed by atoms with Crippen LogP contribution in [0.15, 0.2) is 52.1 Å². The first kappa shape index (κ1) is 21.9. The lowest BCUT2D eigenvalue weighted by atomic mass is 10.1. The highest BCUT2D eigenvalue weighted by molar-refractivity contribution is 7.99. The summed E-state index contributed by atoms with van der Waals surface area (Å²) in [6.45, 7) is 3.94. The lowest BCUT2D eigenvalue weighted by molar-refractivity contribution is 0.288. The van der Waals surface area contributed by atoms with Crippen molar-refractivity contribution in [3.63, 3.8) is 0 Å². The molecule has 0 N–H and O–H groups in total. The van der Waals surface area contributed by atoms with E-state index in [1.165, 1.54) is 17.8 Å². The molecule has 0 spiro atoms. The van der Waals surface area contributed by atoms with Gasteiger partial charge in [0.05, 0.1) is 10.3 Å². The van der Waals surface area contributed by atoms with Crippen molar-refractivity contribution in [3.8, 4) is 17.1 Å². The van der Waals surface area contributed by atoms with Crippen molar-refractivity contribution >= 4 is 23.4 Å². The maximum absolute atomic E-state index is 13.9. The molecule has 1 unspecified atom stereocenters. The predicted octanol–water partition coefficient (Wildman–Crippen LogP) is 6.20. The van der Waals surface area contributed by atoms with Crippen LogP contribution in [-0.4, -0.2) is 24.9 Å². The summed E-state index contributed by atoms with van der Waals surface area (Å²) in [6.07, 6.45) is 2.14. The minimum Gasteiger partial charge on any atom is -0.484 e. The first-order valence-corrected chi connectivity index (χ1v) is 11.8. The highest BCUT2D eigenvalue weighted by Crippen LogP contribution is 2.42. The fourth-order valence-electron chi connectivity index (χ4n) is 3.35. The molecule has 0 saturated heterocycles. The largest absolute Gasteiger partial charge is 0.484 e. The molecule has 0 aliphatic heterocycles. The van der Waals surface area contributed by atoms with Gasteiger partial charge in [-0.15, -0.1) is 10.2 Å². The van der Waals surface area contributed by atoms with Crippen LogP contribution < -0.4 is 4.74 Å². The normalized spacial score (nSPS) is 14.4. The van der Waals surface area contributed by atoms with Crippen molar-refractivity contribution in [2.45, 2.75) is 49.7 Å². The Morgan fingerprint density at radius 3 is 2.82 bits per heavy atom. The van der Waals surface area contributed by atoms with Gasteiger partial charge in [-0.1, -0.05) is 52.8 Å². The zero-order valence-electron chi connectivity index (χ0n) is 18.0. The van der Waals surface area contributed by atoms with Gasteiger partial charge in [0.15, 0.2) is 11.0 Å². The number of para-hydroxylation sites is 1. The summed E-state index contributed by atoms with van der Waals surface area (Å²) in [6, 6.07) is 12.6. The van der Waals surface area contributed by atoms with E-state index in [0.717, 1.165) is 23.8 Å². The van der Waals surface area contributed by atoms with E-state index in [4.69, 9.17) is 20.9 Å². The summed E-state index contributed by atoms with van der Waals surface area (Å²) in [7, 11) is 0. The maximum Gasteiger partial charge on any atom is 0.240 e. The van der Waals surface area contributed by atoms with Crippen LogP contribution in [0, 0.1) is 12.7 Å². The first-order chi connectivity index (χ1) is 16.0. The highest BCUT2D eigenvalue weighted by Gasteiger charge is 2.31. The number of hydrogen-bond acceptors (Lipinski definition) is 7. The zero-order valence-corrected chi connectivity index (χ0v) is 19.6. The SMILES string of the molecule is Cc1ccc(-c2noc(C(C)Sc3nnc(COc4ccccc4Cl)n3C3CC3)n2)cc1F. The fourth-order valence-corrected chi connectivity index (χ4v) is 4.51. The molecule has 1 aliphatic carbocycles. The smallest absolute Gasteiger partial charge is 0.240 e. The van der Waals surface area contributed by atoms with E-state index in [9.17, 15) is 4.39 Å². The van der Waals surface area contributed by atoms with Crippen LogP contribution in [-0.2, 0) is 6.61 Å². The summed E-state index contributed by atoms with van der Waals surface area (Å²) in [4.78, 5) is 4.47. The van der Waals surface area contributed by atoms with Crippen LogP contribution in [0.4, 0.5) is 4.39 Å². The van der Waals surface area contributed by atoms with Crippen LogP contribution in [0.5, 0.6) is 5.75 Å². The quantitative estimate of drug-likeness (QED) is 0.275. The van der Waals surface area contributed by atoms with Crippen molar-refractivity contribution in [1.82, 2.24) is 24.9 Å². The Morgan fingerprint density at radius 2 is 2.06 bits per heavy atom. The van der Waals surface area contributed by atoms with Crippen LogP contribution >= 0.6 is 23.4 Å². The second kappa shape index (κ2) is 9.15. The molecule has 33 heavy (non-hydrogen) atoms. The molecule has 2 heterocycles. The molecule has 1 saturated carbocycles. The number of aryl methyl sites for hydroxylation is 1. The lowest BCUT2D eigenvalue weighted by Crippen LogP contribution is -2.07. The van der Waals surface area contributed by atoms with Gasteiger partial charge in [-0.25, -0.2) is 4.39 Å². The van der Waals surface area contributed by atoms with Gasteiger partial charge < -0.3 is 9.26 Å². The summed E-state index contributed by atoms with van der Waals surface area (Å²) < 4.78 is 27.4. The van der Waals surface area contributed by atoms with Gasteiger partial charge in [0.2, 0.25) is 11.7 Å². The number of hydrogen-bond donors (Lipinski definition) is 0. The predicted molar refractivity (Wildman–Crippen MR) is 123 cm³/mol. The second-order valence-electron chi connectivity index (χ2n) is 7.90. The summed E-state index contributed by atoms with van der Waals surface area (Å²) in [5.41, 5.74) is 1.14. The Hall–Kier alpha value is -2.91. The van der Waals surface area contributed by atoms with Crippen LogP contribution in [0.3, 0.4) is 0 Å². The Balaban J connectivity index is 1.32. The second-order valence-corrected chi connectivity index (χ2v) is 9.61. The summed E-state index contributed by atoms with van der Waals surface area (Å²) >= 11 is 7.68. The van der Waals surface area contributed by atoms with Gasteiger partial charge in [0, 0.05) is 11.6 Å². The molecule has 2 aromatic heterocycles. The number of nitrogens with zero attached hydrogens (tertiary/aromatic N) is 5. The lowest BCUT2D eigenvalue weighted by Gasteiger charge is -2.12. The van der Waals surface area contributed by atoms with Gasteiger partial charge in [-0.2, -0.15) is 4.98 Å². The summed E-state index contributed by atoms with van der Waals surface area (Å²) in [5.74, 6) is 1.85. The van der Waals surface area contributed by atoms with Crippen molar-refractivity contribution in [2.24, 2.45) is 0 Å². The Labute approximate surface area is 199 Å². The zero-order chi connectivity index (χ0) is 22.9. The van der Waals surface area contributed by atoms with E-state index >= 15 is 0 Å². The molecule has 2 aromatic carbocycles. The van der Waals surface area contributed by atoms with Gasteiger partial charge in [-0.3, -0.25) is 4.57 Å². The van der Waals surface area contributed by atoms with E-state index in [-0.39, 0.29) is 17.7 Å². The van der Waals surface area contributed by atoms with E-state index < -0.39 is 0 Å².